The van der Waals surface area contributed by atoms with Crippen molar-refractivity contribution in [3.63, 3.8) is 0 Å². The minimum atomic E-state index is -0.311. The largest absolute Gasteiger partial charge is 0.310 e. The van der Waals surface area contributed by atoms with E-state index in [1.807, 2.05) is 0 Å². The number of fused-ring (bicyclic) bond motifs is 29. The van der Waals surface area contributed by atoms with Crippen LogP contribution in [-0.2, 0) is 24.7 Å². The molecule has 540 valence electrons. The fourth-order valence-electron chi connectivity index (χ4n) is 24.2. The molecule has 0 saturated heterocycles. The van der Waals surface area contributed by atoms with Gasteiger partial charge in [-0.15, -0.1) is 0 Å². The Morgan fingerprint density at radius 1 is 0.328 bits per heavy atom. The summed E-state index contributed by atoms with van der Waals surface area (Å²) in [6.45, 7) is 4.66. The van der Waals surface area contributed by atoms with Crippen molar-refractivity contribution in [2.24, 2.45) is 0 Å². The molecular formula is C113H75BN2. The smallest absolute Gasteiger partial charge is 0.247 e. The van der Waals surface area contributed by atoms with Gasteiger partial charge in [0.25, 0.3) is 0 Å². The number of benzene rings is 19. The Labute approximate surface area is 673 Å². The van der Waals surface area contributed by atoms with E-state index in [0.29, 0.717) is 0 Å². The van der Waals surface area contributed by atoms with Crippen molar-refractivity contribution in [1.29, 1.82) is 0 Å². The van der Waals surface area contributed by atoms with Crippen molar-refractivity contribution in [2.45, 2.75) is 68.6 Å². The van der Waals surface area contributed by atoms with Crippen LogP contribution in [0.2, 0.25) is 0 Å². The molecular weight excluding hydrogens is 1400 g/mol. The fraction of sp³-hybridized carbons (Fsp3) is 0.0973. The Balaban J connectivity index is 0.831. The number of rotatable bonds is 7. The van der Waals surface area contributed by atoms with Crippen LogP contribution in [0.5, 0.6) is 0 Å². The molecule has 0 spiro atoms. The summed E-state index contributed by atoms with van der Waals surface area (Å²) < 4.78 is 5.53. The number of aromatic nitrogens is 2. The molecule has 0 saturated carbocycles. The first-order chi connectivity index (χ1) is 57.3. The molecule has 2 aliphatic heterocycles. The summed E-state index contributed by atoms with van der Waals surface area (Å²) in [7, 11) is 0. The van der Waals surface area contributed by atoms with E-state index in [2.05, 4.69) is 369 Å². The van der Waals surface area contributed by atoms with E-state index in [0.717, 1.165) is 25.7 Å². The zero-order valence-electron chi connectivity index (χ0n) is 64.5. The van der Waals surface area contributed by atoms with Crippen LogP contribution in [0, 0.1) is 0 Å². The second kappa shape index (κ2) is 23.3. The van der Waals surface area contributed by atoms with Gasteiger partial charge in [0.05, 0.1) is 22.2 Å². The monoisotopic (exact) mass is 1470 g/mol. The first kappa shape index (κ1) is 63.9. The zero-order chi connectivity index (χ0) is 75.7. The molecule has 116 heavy (non-hydrogen) atoms. The van der Waals surface area contributed by atoms with Gasteiger partial charge in [0.15, 0.2) is 0 Å². The highest BCUT2D eigenvalue weighted by Gasteiger charge is 2.48. The lowest BCUT2D eigenvalue weighted by atomic mass is 9.30. The van der Waals surface area contributed by atoms with Crippen molar-refractivity contribution >= 4 is 121 Å². The van der Waals surface area contributed by atoms with Gasteiger partial charge in [0.2, 0.25) is 6.71 Å². The Kier molecular flexibility index (Phi) is 12.8. The Bertz CT molecular complexity index is 7810. The van der Waals surface area contributed by atoms with Crippen LogP contribution >= 0.6 is 0 Å². The van der Waals surface area contributed by atoms with Crippen molar-refractivity contribution in [2.75, 3.05) is 0 Å². The van der Waals surface area contributed by atoms with E-state index in [1.54, 1.807) is 0 Å². The lowest BCUT2D eigenvalue weighted by Crippen LogP contribution is -2.61. The highest BCUT2D eigenvalue weighted by atomic mass is 15.0. The SMILES string of the molecule is CC(C)(c1ccccc1)c1cc2c3ccccc3c3c4c5c(c6c7ccccc7c(c1)c2c36)-n1c2ccc(C3c6ccccc6-c6ccccc63)cc2c2cc([C@H]3Cc6ccccc6-c6ccccc63)cc(c21)B5c1cc(-n2c3ccccc3c3ccccc32)cc2c1C4CCc1ccc(CC3c4ccccc4-c4ccccc43)cc1-2. The van der Waals surface area contributed by atoms with Crippen molar-refractivity contribution in [3.8, 4) is 55.9 Å². The van der Waals surface area contributed by atoms with Gasteiger partial charge in [0.1, 0.15) is 0 Å². The molecule has 0 radical (unpaired) electrons. The van der Waals surface area contributed by atoms with E-state index < -0.39 is 0 Å². The maximum Gasteiger partial charge on any atom is 0.247 e. The maximum atomic E-state index is 2.88. The minimum absolute atomic E-state index is 0.00803. The standard InChI is InChI=1S/C113H75BN2/c1-113(2,69-27-4-3-5-28-69)70-60-94-81-38-16-20-44-87(81)106-107-89-52-50-65-49-48-64(55-92-79-36-12-9-31-74(79)75-32-10-13-37-80(75)92)54-90(65)96-62-71(115-100-46-24-22-40-83(100)84-41-23-25-47-101(84)115)63-98(104(89)96)114-99-59-68(91-56-66-26-6-7-29-72(66)73-30-8-11-35-78(73)91)58-97-93-57-67(103-85-42-18-14-33-76(85)77-34-15-19-43-86(77)103)51-53-102(93)116(111(97)99)112(110(107)114)108-88-45-21-17-39-82(88)95(61-70)105(94)109(106)108/h3-49,51,53-54,57-63,89,91-92,103H,50,52,55-56H2,1-2H3/t89?,91-/m1/s1. The summed E-state index contributed by atoms with van der Waals surface area (Å²) in [5.74, 6) is 0.360. The van der Waals surface area contributed by atoms with Crippen molar-refractivity contribution in [3.05, 3.63) is 424 Å². The number of hydrogen-bond donors (Lipinski definition) is 0. The molecule has 19 aromatic carbocycles. The molecule has 6 aliphatic rings. The summed E-state index contributed by atoms with van der Waals surface area (Å²) in [6.07, 6.45) is 3.67. The van der Waals surface area contributed by atoms with Crippen LogP contribution in [0.15, 0.2) is 346 Å². The van der Waals surface area contributed by atoms with Crippen molar-refractivity contribution < 1.29 is 0 Å². The van der Waals surface area contributed by atoms with Crippen LogP contribution < -0.4 is 16.4 Å². The first-order valence-corrected chi connectivity index (χ1v) is 42.0. The molecule has 27 rings (SSSR count). The summed E-state index contributed by atoms with van der Waals surface area (Å²) in [6, 6.07) is 136. The molecule has 2 atom stereocenters. The Morgan fingerprint density at radius 3 is 1.54 bits per heavy atom. The third-order valence-corrected chi connectivity index (χ3v) is 29.1. The average molecular weight is 1470 g/mol. The maximum absolute atomic E-state index is 2.88. The summed E-state index contributed by atoms with van der Waals surface area (Å²) >= 11 is 0. The number of aryl methyl sites for hydroxylation is 1. The second-order valence-corrected chi connectivity index (χ2v) is 34.9. The zero-order valence-corrected chi connectivity index (χ0v) is 64.5. The predicted octanol–water partition coefficient (Wildman–Crippen LogP) is 26.2. The summed E-state index contributed by atoms with van der Waals surface area (Å²) in [5, 5.41) is 18.6. The molecule has 1 unspecified atom stereocenters. The summed E-state index contributed by atoms with van der Waals surface area (Å²) in [4.78, 5) is 0. The van der Waals surface area contributed by atoms with Gasteiger partial charge < -0.3 is 9.13 Å². The molecule has 0 fully saturated rings. The fourth-order valence-corrected chi connectivity index (χ4v) is 24.2. The molecule has 0 N–H and O–H groups in total. The lowest BCUT2D eigenvalue weighted by Gasteiger charge is -2.41. The van der Waals surface area contributed by atoms with Crippen LogP contribution in [0.3, 0.4) is 0 Å². The molecule has 0 bridgehead atoms. The molecule has 21 aromatic rings. The molecule has 2 aromatic heterocycles. The van der Waals surface area contributed by atoms with Crippen LogP contribution in [-0.4, -0.2) is 15.8 Å². The first-order valence-electron chi connectivity index (χ1n) is 42.0. The quantitative estimate of drug-likeness (QED) is 0.0855. The third kappa shape index (κ3) is 8.41. The number of para-hydroxylation sites is 2. The highest BCUT2D eigenvalue weighted by molar-refractivity contribution is 6.99. The Hall–Kier alpha value is -13.6. The van der Waals surface area contributed by atoms with Crippen LogP contribution in [0.4, 0.5) is 0 Å². The minimum Gasteiger partial charge on any atom is -0.310 e. The average Bonchev–Trinajstić information content (AvgIpc) is 1.23. The molecule has 0 amide bonds. The second-order valence-electron chi connectivity index (χ2n) is 34.9. The number of hydrogen-bond acceptors (Lipinski definition) is 0. The molecule has 4 aliphatic carbocycles. The van der Waals surface area contributed by atoms with Gasteiger partial charge >= 0.3 is 0 Å². The van der Waals surface area contributed by atoms with Gasteiger partial charge in [-0.25, -0.2) is 0 Å². The Morgan fingerprint density at radius 2 is 0.871 bits per heavy atom. The highest BCUT2D eigenvalue weighted by Crippen LogP contribution is 2.58. The van der Waals surface area contributed by atoms with Gasteiger partial charge in [-0.2, -0.15) is 0 Å². The predicted molar refractivity (Wildman–Crippen MR) is 487 cm³/mol. The van der Waals surface area contributed by atoms with Gasteiger partial charge in [-0.3, -0.25) is 0 Å². The van der Waals surface area contributed by atoms with Gasteiger partial charge in [-0.1, -0.05) is 310 Å². The van der Waals surface area contributed by atoms with Crippen LogP contribution in [0.1, 0.15) is 122 Å². The van der Waals surface area contributed by atoms with Crippen molar-refractivity contribution in [1.82, 2.24) is 9.13 Å². The van der Waals surface area contributed by atoms with E-state index >= 15 is 0 Å². The van der Waals surface area contributed by atoms with E-state index in [9.17, 15) is 0 Å². The van der Waals surface area contributed by atoms with E-state index in [1.165, 1.54) is 248 Å². The van der Waals surface area contributed by atoms with Gasteiger partial charge in [0, 0.05) is 72.6 Å². The van der Waals surface area contributed by atoms with E-state index in [-0.39, 0.29) is 35.8 Å². The molecule has 2 nitrogen and oxygen atoms in total. The lowest BCUT2D eigenvalue weighted by molar-refractivity contribution is 0.642. The molecule has 3 heteroatoms. The topological polar surface area (TPSA) is 9.86 Å². The normalized spacial score (nSPS) is 15.5. The summed E-state index contributed by atoms with van der Waals surface area (Å²) in [5.41, 5.74) is 41.9. The van der Waals surface area contributed by atoms with Crippen LogP contribution in [0.25, 0.3) is 153 Å². The molecule has 4 heterocycles. The third-order valence-electron chi connectivity index (χ3n) is 29.1. The van der Waals surface area contributed by atoms with E-state index in [4.69, 9.17) is 0 Å². The van der Waals surface area contributed by atoms with Gasteiger partial charge in [-0.05, 0) is 257 Å². The number of nitrogens with zero attached hydrogens (tertiary/aromatic N) is 2.